The molecule has 1 N–H and O–H groups in total. The second-order valence-corrected chi connectivity index (χ2v) is 12.4. The summed E-state index contributed by atoms with van der Waals surface area (Å²) in [4.78, 5) is 29.0. The highest BCUT2D eigenvalue weighted by molar-refractivity contribution is 7.92. The van der Waals surface area contributed by atoms with Crippen molar-refractivity contribution in [2.75, 3.05) is 18.0 Å². The Kier molecular flexibility index (Phi) is 10.2. The van der Waals surface area contributed by atoms with Crippen molar-refractivity contribution < 1.29 is 27.1 Å². The van der Waals surface area contributed by atoms with Gasteiger partial charge in [0.25, 0.3) is 10.0 Å². The van der Waals surface area contributed by atoms with Gasteiger partial charge >= 0.3 is 0 Å². The molecular formula is C32H38FN3O5S. The van der Waals surface area contributed by atoms with Crippen molar-refractivity contribution in [3.8, 4) is 5.75 Å². The average Bonchev–Trinajstić information content (AvgIpc) is 3.50. The van der Waals surface area contributed by atoms with Crippen LogP contribution < -0.4 is 14.4 Å². The lowest BCUT2D eigenvalue weighted by molar-refractivity contribution is -0.140. The first kappa shape index (κ1) is 31.0. The molecule has 0 aliphatic heterocycles. The van der Waals surface area contributed by atoms with Crippen LogP contribution in [-0.2, 0) is 26.2 Å². The van der Waals surface area contributed by atoms with Gasteiger partial charge in [-0.25, -0.2) is 12.8 Å². The van der Waals surface area contributed by atoms with E-state index in [0.717, 1.165) is 35.6 Å². The Labute approximate surface area is 247 Å². The highest BCUT2D eigenvalue weighted by Crippen LogP contribution is 2.27. The molecule has 42 heavy (non-hydrogen) atoms. The lowest BCUT2D eigenvalue weighted by Crippen LogP contribution is -2.53. The highest BCUT2D eigenvalue weighted by atomic mass is 32.2. The van der Waals surface area contributed by atoms with Gasteiger partial charge in [-0.1, -0.05) is 49.6 Å². The number of nitrogens with zero attached hydrogens (tertiary/aromatic N) is 2. The average molecular weight is 596 g/mol. The molecule has 0 unspecified atom stereocenters. The van der Waals surface area contributed by atoms with Crippen LogP contribution >= 0.6 is 0 Å². The van der Waals surface area contributed by atoms with Gasteiger partial charge in [-0.05, 0) is 80.3 Å². The lowest BCUT2D eigenvalue weighted by Gasteiger charge is -2.33. The van der Waals surface area contributed by atoms with Crippen LogP contribution in [-0.4, -0.2) is 50.9 Å². The summed E-state index contributed by atoms with van der Waals surface area (Å²) in [5.74, 6) is -0.750. The van der Waals surface area contributed by atoms with Gasteiger partial charge in [0.2, 0.25) is 11.8 Å². The summed E-state index contributed by atoms with van der Waals surface area (Å²) in [5, 5.41) is 3.08. The van der Waals surface area contributed by atoms with Gasteiger partial charge in [0.15, 0.2) is 0 Å². The topological polar surface area (TPSA) is 96.0 Å². The molecule has 1 aliphatic carbocycles. The van der Waals surface area contributed by atoms with E-state index in [1.807, 2.05) is 13.8 Å². The zero-order valence-electron chi connectivity index (χ0n) is 24.3. The Morgan fingerprint density at radius 2 is 1.60 bits per heavy atom. The third kappa shape index (κ3) is 7.47. The quantitative estimate of drug-likeness (QED) is 0.310. The number of ether oxygens (including phenoxy) is 1. The largest absolute Gasteiger partial charge is 0.497 e. The molecule has 0 saturated heterocycles. The van der Waals surface area contributed by atoms with Crippen molar-refractivity contribution in [2.45, 2.75) is 69.5 Å². The minimum absolute atomic E-state index is 0.00669. The number of carbonyl (C=O) groups excluding carboxylic acids is 2. The summed E-state index contributed by atoms with van der Waals surface area (Å²) < 4.78 is 47.8. The number of amides is 2. The highest BCUT2D eigenvalue weighted by Gasteiger charge is 2.34. The van der Waals surface area contributed by atoms with E-state index in [9.17, 15) is 22.4 Å². The smallest absolute Gasteiger partial charge is 0.264 e. The fourth-order valence-corrected chi connectivity index (χ4v) is 6.60. The standard InChI is InChI=1S/C32H38FN3O5S/c1-4-30(32(38)34-26-7-5-6-8-26)35(21-24-11-13-25(33)14-12-24)31(37)22-36(27-15-9-23(2)10-16-27)42(39,40)29-19-17-28(41-3)18-20-29/h9-20,26,30H,4-8,21-22H2,1-3H3,(H,34,38)/t30-/m1/s1. The molecular weight excluding hydrogens is 557 g/mol. The van der Waals surface area contributed by atoms with E-state index in [4.69, 9.17) is 4.74 Å². The Hall–Kier alpha value is -3.92. The fourth-order valence-electron chi connectivity index (χ4n) is 5.19. The Balaban J connectivity index is 1.70. The maximum atomic E-state index is 14.1. The number of nitrogens with one attached hydrogen (secondary N) is 1. The summed E-state index contributed by atoms with van der Waals surface area (Å²) in [7, 11) is -2.70. The molecule has 224 valence electrons. The third-order valence-electron chi connectivity index (χ3n) is 7.60. The second kappa shape index (κ2) is 13.8. The number of rotatable bonds is 12. The first-order valence-electron chi connectivity index (χ1n) is 14.2. The Morgan fingerprint density at radius 1 is 0.976 bits per heavy atom. The van der Waals surface area contributed by atoms with Gasteiger partial charge in [-0.3, -0.25) is 13.9 Å². The lowest BCUT2D eigenvalue weighted by atomic mass is 10.1. The molecule has 0 aromatic heterocycles. The van der Waals surface area contributed by atoms with E-state index in [1.165, 1.54) is 36.3 Å². The van der Waals surface area contributed by atoms with Crippen LogP contribution in [0.2, 0.25) is 0 Å². The zero-order chi connectivity index (χ0) is 30.3. The monoisotopic (exact) mass is 595 g/mol. The van der Waals surface area contributed by atoms with Crippen molar-refractivity contribution in [2.24, 2.45) is 0 Å². The van der Waals surface area contributed by atoms with Crippen LogP contribution in [0, 0.1) is 12.7 Å². The number of sulfonamides is 1. The molecule has 0 radical (unpaired) electrons. The normalized spacial score (nSPS) is 14.3. The molecule has 1 aliphatic rings. The molecule has 4 rings (SSSR count). The second-order valence-electron chi connectivity index (χ2n) is 10.6. The van der Waals surface area contributed by atoms with Crippen molar-refractivity contribution in [3.63, 3.8) is 0 Å². The minimum atomic E-state index is -4.19. The van der Waals surface area contributed by atoms with Crippen LogP contribution in [0.5, 0.6) is 5.75 Å². The summed E-state index contributed by atoms with van der Waals surface area (Å²) >= 11 is 0. The van der Waals surface area contributed by atoms with E-state index < -0.39 is 34.3 Å². The maximum absolute atomic E-state index is 14.1. The van der Waals surface area contributed by atoms with Gasteiger partial charge in [-0.2, -0.15) is 0 Å². The summed E-state index contributed by atoms with van der Waals surface area (Å²) in [6, 6.07) is 17.7. The van der Waals surface area contributed by atoms with E-state index in [1.54, 1.807) is 48.5 Å². The molecule has 8 nitrogen and oxygen atoms in total. The molecule has 3 aromatic rings. The molecule has 1 fully saturated rings. The predicted molar refractivity (Wildman–Crippen MR) is 160 cm³/mol. The first-order valence-corrected chi connectivity index (χ1v) is 15.6. The molecule has 10 heteroatoms. The Morgan fingerprint density at radius 3 is 2.17 bits per heavy atom. The van der Waals surface area contributed by atoms with Crippen molar-refractivity contribution in [1.82, 2.24) is 10.2 Å². The van der Waals surface area contributed by atoms with Crippen LogP contribution in [0.3, 0.4) is 0 Å². The number of methoxy groups -OCH3 is 1. The number of benzene rings is 3. The van der Waals surface area contributed by atoms with Crippen molar-refractivity contribution >= 4 is 27.5 Å². The number of hydrogen-bond acceptors (Lipinski definition) is 5. The predicted octanol–water partition coefficient (Wildman–Crippen LogP) is 5.20. The molecule has 0 heterocycles. The Bertz CT molecular complexity index is 1460. The van der Waals surface area contributed by atoms with E-state index in [0.29, 0.717) is 23.4 Å². The molecule has 3 aromatic carbocycles. The number of carbonyl (C=O) groups is 2. The molecule has 0 bridgehead atoms. The van der Waals surface area contributed by atoms with Crippen LogP contribution in [0.25, 0.3) is 0 Å². The van der Waals surface area contributed by atoms with Gasteiger partial charge < -0.3 is 15.0 Å². The van der Waals surface area contributed by atoms with Gasteiger partial charge in [0, 0.05) is 12.6 Å². The van der Waals surface area contributed by atoms with Crippen LogP contribution in [0.1, 0.15) is 50.2 Å². The number of hydrogen-bond donors (Lipinski definition) is 1. The summed E-state index contributed by atoms with van der Waals surface area (Å²) in [6.07, 6.45) is 4.16. The SMILES string of the molecule is CC[C@H](C(=O)NC1CCCC1)N(Cc1ccc(F)cc1)C(=O)CN(c1ccc(C)cc1)S(=O)(=O)c1ccc(OC)cc1. The third-order valence-corrected chi connectivity index (χ3v) is 9.39. The zero-order valence-corrected chi connectivity index (χ0v) is 25.1. The number of halogens is 1. The first-order chi connectivity index (χ1) is 20.1. The summed E-state index contributed by atoms with van der Waals surface area (Å²) in [6.45, 7) is 3.18. The van der Waals surface area contributed by atoms with Crippen molar-refractivity contribution in [3.05, 3.63) is 89.7 Å². The number of anilines is 1. The number of aryl methyl sites for hydroxylation is 1. The molecule has 1 saturated carbocycles. The molecule has 2 amide bonds. The minimum Gasteiger partial charge on any atom is -0.497 e. The van der Waals surface area contributed by atoms with Crippen LogP contribution in [0.15, 0.2) is 77.7 Å². The van der Waals surface area contributed by atoms with Gasteiger partial charge in [0.05, 0.1) is 17.7 Å². The summed E-state index contributed by atoms with van der Waals surface area (Å²) in [5.41, 5.74) is 1.87. The maximum Gasteiger partial charge on any atom is 0.264 e. The van der Waals surface area contributed by atoms with E-state index in [-0.39, 0.29) is 23.4 Å². The van der Waals surface area contributed by atoms with E-state index in [2.05, 4.69) is 5.32 Å². The molecule has 1 atom stereocenters. The van der Waals surface area contributed by atoms with Gasteiger partial charge in [-0.15, -0.1) is 0 Å². The fraction of sp³-hybridized carbons (Fsp3) is 0.375. The molecule has 0 spiro atoms. The van der Waals surface area contributed by atoms with Gasteiger partial charge in [0.1, 0.15) is 24.2 Å². The van der Waals surface area contributed by atoms with Crippen LogP contribution in [0.4, 0.5) is 10.1 Å². The van der Waals surface area contributed by atoms with Crippen molar-refractivity contribution in [1.29, 1.82) is 0 Å². The van der Waals surface area contributed by atoms with E-state index >= 15 is 0 Å².